The molecule has 4 N–H and O–H groups in total. The van der Waals surface area contributed by atoms with Crippen LogP contribution < -0.4 is 22.2 Å². The maximum absolute atomic E-state index is 15.3. The number of nitrogens with zero attached hydrogens (tertiary/aromatic N) is 4. The standard InChI is InChI=1S/C66H82Br2N6O6/c1-15-17-19-21-23-25-27-73-59(77)49-47-48-50(54(68)53(49)67)60(78)74(28-26-24-22-20-18-16-2)62(80)52(48)56-55(51(47)61(73)79)71-45-33-43(69-35-37-29-39(63(3,4)5)31-41(57(37)75)65(9,10)11)44(34-46(45)72-56)70-36-38-30-40(64(6,7)8)32-42(58(38)76)66(12,13)14/h29-36,71-72,75-76H,15-28H2,1-14H3. The van der Waals surface area contributed by atoms with Gasteiger partial charge in [0.25, 0.3) is 22.2 Å². The zero-order chi connectivity index (χ0) is 58.6. The Morgan fingerprint density at radius 1 is 0.450 bits per heavy atom. The molecule has 5 aromatic carbocycles. The third-order valence-corrected chi connectivity index (χ3v) is 18.0. The fraction of sp³-hybridized carbons (Fsp3) is 0.485. The highest BCUT2D eigenvalue weighted by molar-refractivity contribution is 9.13. The Kier molecular flexibility index (Phi) is 17.5. The van der Waals surface area contributed by atoms with Gasteiger partial charge in [0.05, 0.1) is 55.0 Å². The highest BCUT2D eigenvalue weighted by Gasteiger charge is 2.31. The third kappa shape index (κ3) is 11.8. The summed E-state index contributed by atoms with van der Waals surface area (Å²) in [5, 5.41) is 25.1. The average molecular weight is 1220 g/mol. The van der Waals surface area contributed by atoms with E-state index in [9.17, 15) is 19.8 Å². The molecule has 8 rings (SSSR count). The molecule has 0 bridgehead atoms. The number of phenolic OH excluding ortho intramolecular Hbond substituents is 2. The number of hydrogen-bond acceptors (Lipinski definition) is 8. The molecule has 0 amide bonds. The van der Waals surface area contributed by atoms with Gasteiger partial charge in [-0.05, 0) is 102 Å². The molecule has 0 spiro atoms. The van der Waals surface area contributed by atoms with E-state index in [1.807, 2.05) is 24.3 Å². The van der Waals surface area contributed by atoms with Crippen molar-refractivity contribution < 1.29 is 10.2 Å². The minimum absolute atomic E-state index is 0.116. The number of aliphatic imine (C=N–C) groups is 2. The van der Waals surface area contributed by atoms with Gasteiger partial charge in [0.1, 0.15) is 11.5 Å². The van der Waals surface area contributed by atoms with Crippen LogP contribution in [0.1, 0.15) is 207 Å². The molecule has 0 radical (unpaired) electrons. The highest BCUT2D eigenvalue weighted by atomic mass is 79.9. The quantitative estimate of drug-likeness (QED) is 0.0288. The van der Waals surface area contributed by atoms with E-state index >= 15 is 9.59 Å². The minimum Gasteiger partial charge on any atom is -0.507 e. The van der Waals surface area contributed by atoms with Gasteiger partial charge >= 0.3 is 0 Å². The highest BCUT2D eigenvalue weighted by Crippen LogP contribution is 2.45. The van der Waals surface area contributed by atoms with Crippen LogP contribution in [-0.2, 0) is 34.7 Å². The number of aromatic hydroxyl groups is 2. The van der Waals surface area contributed by atoms with Gasteiger partial charge in [0, 0.05) is 67.5 Å². The lowest BCUT2D eigenvalue weighted by Crippen LogP contribution is -2.36. The van der Waals surface area contributed by atoms with Crippen molar-refractivity contribution in [2.45, 2.75) is 209 Å². The molecule has 0 aliphatic heterocycles. The fourth-order valence-electron chi connectivity index (χ4n) is 11.1. The van der Waals surface area contributed by atoms with Gasteiger partial charge in [-0.1, -0.05) is 173 Å². The molecule has 0 atom stereocenters. The van der Waals surface area contributed by atoms with Crippen LogP contribution >= 0.6 is 31.9 Å². The Bertz CT molecular complexity index is 3740. The first-order valence-corrected chi connectivity index (χ1v) is 30.4. The summed E-state index contributed by atoms with van der Waals surface area (Å²) in [4.78, 5) is 77.8. The summed E-state index contributed by atoms with van der Waals surface area (Å²) < 4.78 is 3.28. The van der Waals surface area contributed by atoms with Gasteiger partial charge in [0.2, 0.25) is 0 Å². The Morgan fingerprint density at radius 3 is 1.10 bits per heavy atom. The van der Waals surface area contributed by atoms with E-state index in [0.29, 0.717) is 66.4 Å². The molecule has 0 saturated carbocycles. The van der Waals surface area contributed by atoms with Crippen LogP contribution in [0.2, 0.25) is 0 Å². The van der Waals surface area contributed by atoms with Gasteiger partial charge in [-0.3, -0.25) is 38.3 Å². The van der Waals surface area contributed by atoms with Gasteiger partial charge in [0.15, 0.2) is 0 Å². The Morgan fingerprint density at radius 2 is 0.775 bits per heavy atom. The first-order chi connectivity index (χ1) is 37.5. The number of aromatic amines is 2. The van der Waals surface area contributed by atoms with Crippen molar-refractivity contribution in [3.8, 4) is 11.5 Å². The van der Waals surface area contributed by atoms with E-state index in [1.54, 1.807) is 12.4 Å². The van der Waals surface area contributed by atoms with E-state index in [0.717, 1.165) is 86.5 Å². The summed E-state index contributed by atoms with van der Waals surface area (Å²) in [7, 11) is 0. The Labute approximate surface area is 486 Å². The third-order valence-electron chi connectivity index (χ3n) is 15.9. The summed E-state index contributed by atoms with van der Waals surface area (Å²) in [5.74, 6) is 0.231. The SMILES string of the molecule is CCCCCCCCn1c(=O)c2c(Br)c(Br)c3c(=O)n(CCCCCCCC)c(=O)c4c5[nH]c6cc(N=Cc7cc(C(C)(C)C)cc(C(C)(C)C)c7O)c(N=Cc7cc(C(C)(C)C)cc(C(C)(C)C)c7O)cc6[nH]c5c(c1=O)c2c34. The van der Waals surface area contributed by atoms with Gasteiger partial charge < -0.3 is 20.2 Å². The molecule has 0 saturated heterocycles. The predicted molar refractivity (Wildman–Crippen MR) is 343 cm³/mol. The van der Waals surface area contributed by atoms with Crippen molar-refractivity contribution in [1.29, 1.82) is 0 Å². The number of pyridine rings is 2. The number of nitrogens with one attached hydrogen (secondary N) is 2. The van der Waals surface area contributed by atoms with Crippen LogP contribution in [0.15, 0.2) is 74.5 Å². The maximum atomic E-state index is 15.3. The van der Waals surface area contributed by atoms with Crippen molar-refractivity contribution in [3.63, 3.8) is 0 Å². The summed E-state index contributed by atoms with van der Waals surface area (Å²) in [6.45, 7) is 29.9. The van der Waals surface area contributed by atoms with Crippen LogP contribution in [0.5, 0.6) is 11.5 Å². The molecule has 0 unspecified atom stereocenters. The Balaban J connectivity index is 1.48. The van der Waals surface area contributed by atoms with Crippen LogP contribution in [0.25, 0.3) is 54.4 Å². The summed E-state index contributed by atoms with van der Waals surface area (Å²) in [6.07, 6.45) is 14.7. The minimum atomic E-state index is -0.526. The maximum Gasteiger partial charge on any atom is 0.263 e. The molecule has 14 heteroatoms. The van der Waals surface area contributed by atoms with Gasteiger partial charge in [-0.25, -0.2) is 0 Å². The first-order valence-electron chi connectivity index (χ1n) is 28.8. The van der Waals surface area contributed by atoms with E-state index in [2.05, 4.69) is 151 Å². The van der Waals surface area contributed by atoms with Crippen LogP contribution in [0, 0.1) is 0 Å². The molecule has 0 aliphatic rings. The molecule has 3 heterocycles. The molecule has 426 valence electrons. The first kappa shape index (κ1) is 60.2. The van der Waals surface area contributed by atoms with Crippen molar-refractivity contribution in [2.24, 2.45) is 9.98 Å². The van der Waals surface area contributed by atoms with Gasteiger partial charge in [-0.15, -0.1) is 0 Å². The molecule has 0 aliphatic carbocycles. The smallest absolute Gasteiger partial charge is 0.263 e. The largest absolute Gasteiger partial charge is 0.507 e. The van der Waals surface area contributed by atoms with E-state index in [4.69, 9.17) is 9.98 Å². The fourth-order valence-corrected chi connectivity index (χ4v) is 12.2. The van der Waals surface area contributed by atoms with Crippen molar-refractivity contribution in [1.82, 2.24) is 19.1 Å². The molecular formula is C66H82Br2N6O6. The Hall–Kier alpha value is -5.86. The average Bonchev–Trinajstić information content (AvgIpc) is 2.14. The number of halogens is 2. The van der Waals surface area contributed by atoms with Crippen LogP contribution in [0.3, 0.4) is 0 Å². The van der Waals surface area contributed by atoms with Crippen LogP contribution in [-0.4, -0.2) is 41.7 Å². The number of hydrogen-bond donors (Lipinski definition) is 4. The number of H-pyrrole nitrogens is 2. The number of fused-ring (bicyclic) bond motifs is 4. The molecular weight excluding hydrogens is 1130 g/mol. The molecule has 80 heavy (non-hydrogen) atoms. The van der Waals surface area contributed by atoms with Gasteiger partial charge in [-0.2, -0.15) is 0 Å². The second kappa shape index (κ2) is 23.2. The van der Waals surface area contributed by atoms with E-state index < -0.39 is 33.1 Å². The molecule has 12 nitrogen and oxygen atoms in total. The number of rotatable bonds is 18. The number of aromatic nitrogens is 4. The lowest BCUT2D eigenvalue weighted by molar-refractivity contribution is 0.443. The summed E-state index contributed by atoms with van der Waals surface area (Å²) >= 11 is 7.46. The lowest BCUT2D eigenvalue weighted by Gasteiger charge is -2.27. The summed E-state index contributed by atoms with van der Waals surface area (Å²) in [5.41, 5.74) is 3.68. The van der Waals surface area contributed by atoms with Crippen molar-refractivity contribution in [2.75, 3.05) is 0 Å². The zero-order valence-electron chi connectivity index (χ0n) is 49.6. The van der Waals surface area contributed by atoms with E-state index in [-0.39, 0.29) is 67.7 Å². The monoisotopic (exact) mass is 1210 g/mol. The summed E-state index contributed by atoms with van der Waals surface area (Å²) in [6, 6.07) is 11.7. The number of unbranched alkanes of at least 4 members (excludes halogenated alkanes) is 10. The normalized spacial score (nSPS) is 13.2. The second-order valence-corrected chi connectivity index (χ2v) is 27.8. The topological polar surface area (TPSA) is 175 Å². The molecule has 3 aromatic heterocycles. The number of phenols is 2. The number of benzene rings is 5. The van der Waals surface area contributed by atoms with E-state index in [1.165, 1.54) is 9.13 Å². The second-order valence-electron chi connectivity index (χ2n) is 26.3. The molecule has 0 fully saturated rings. The predicted octanol–water partition coefficient (Wildman–Crippen LogP) is 16.9. The van der Waals surface area contributed by atoms with Crippen molar-refractivity contribution >= 4 is 110 Å². The zero-order valence-corrected chi connectivity index (χ0v) is 52.8. The molecule has 8 aromatic rings. The van der Waals surface area contributed by atoms with Crippen LogP contribution in [0.4, 0.5) is 11.4 Å². The lowest BCUT2D eigenvalue weighted by atomic mass is 9.79. The van der Waals surface area contributed by atoms with Crippen molar-refractivity contribution in [3.05, 3.63) is 120 Å².